The van der Waals surface area contributed by atoms with Crippen LogP contribution in [0.5, 0.6) is 0 Å². The van der Waals surface area contributed by atoms with E-state index in [4.69, 9.17) is 5.11 Å². The third-order valence-electron chi connectivity index (χ3n) is 3.87. The zero-order valence-electron chi connectivity index (χ0n) is 14.0. The number of benzene rings is 1. The first-order valence-corrected chi connectivity index (χ1v) is 7.81. The van der Waals surface area contributed by atoms with E-state index in [9.17, 15) is 4.79 Å². The molecule has 0 aliphatic heterocycles. The van der Waals surface area contributed by atoms with Crippen molar-refractivity contribution in [3.05, 3.63) is 34.4 Å². The minimum Gasteiger partial charge on any atom is -0.481 e. The van der Waals surface area contributed by atoms with Crippen molar-refractivity contribution >= 4 is 5.97 Å². The van der Waals surface area contributed by atoms with Gasteiger partial charge in [-0.1, -0.05) is 31.5 Å². The van der Waals surface area contributed by atoms with E-state index in [0.29, 0.717) is 5.92 Å². The van der Waals surface area contributed by atoms with Gasteiger partial charge in [-0.05, 0) is 62.8 Å². The van der Waals surface area contributed by atoms with Crippen molar-refractivity contribution in [3.8, 4) is 0 Å². The molecule has 1 atom stereocenters. The summed E-state index contributed by atoms with van der Waals surface area (Å²) in [5.41, 5.74) is 5.06. The van der Waals surface area contributed by atoms with Gasteiger partial charge >= 0.3 is 5.97 Å². The molecule has 0 radical (unpaired) electrons. The Morgan fingerprint density at radius 2 is 1.76 bits per heavy atom. The van der Waals surface area contributed by atoms with Crippen molar-refractivity contribution in [3.63, 3.8) is 0 Å². The molecule has 0 saturated carbocycles. The highest BCUT2D eigenvalue weighted by Crippen LogP contribution is 2.19. The Kier molecular flexibility index (Phi) is 6.90. The molecule has 3 nitrogen and oxygen atoms in total. The van der Waals surface area contributed by atoms with E-state index in [-0.39, 0.29) is 12.5 Å². The second kappa shape index (κ2) is 8.18. The molecule has 3 heteroatoms. The van der Waals surface area contributed by atoms with Crippen LogP contribution in [0.3, 0.4) is 0 Å². The van der Waals surface area contributed by atoms with Gasteiger partial charge in [0.05, 0.1) is 6.42 Å². The summed E-state index contributed by atoms with van der Waals surface area (Å²) < 4.78 is 0. The Morgan fingerprint density at radius 1 is 1.19 bits per heavy atom. The number of carboxylic acid groups (broad SMARTS) is 1. The largest absolute Gasteiger partial charge is 0.481 e. The molecule has 0 heterocycles. The first-order valence-electron chi connectivity index (χ1n) is 7.81. The highest BCUT2D eigenvalue weighted by Gasteiger charge is 2.16. The smallest absolute Gasteiger partial charge is 0.304 e. The molecule has 0 spiro atoms. The van der Waals surface area contributed by atoms with Crippen LogP contribution < -0.4 is 5.32 Å². The Balaban J connectivity index is 2.78. The molecule has 0 aromatic heterocycles. The molecule has 2 N–H and O–H groups in total. The monoisotopic (exact) mass is 291 g/mol. The van der Waals surface area contributed by atoms with Crippen LogP contribution in [0.15, 0.2) is 12.1 Å². The maximum atomic E-state index is 11.1. The molecule has 21 heavy (non-hydrogen) atoms. The van der Waals surface area contributed by atoms with Crippen LogP contribution in [-0.4, -0.2) is 23.7 Å². The SMILES string of the molecule is Cc1cc(C)c(CC(CC(=O)O)NCCC(C)C)c(C)c1. The van der Waals surface area contributed by atoms with Crippen molar-refractivity contribution in [2.45, 2.75) is 59.9 Å². The number of aliphatic carboxylic acids is 1. The highest BCUT2D eigenvalue weighted by atomic mass is 16.4. The standard InChI is InChI=1S/C18H29NO2/c1-12(2)6-7-19-16(11-18(20)21)10-17-14(4)8-13(3)9-15(17)5/h8-9,12,16,19H,6-7,10-11H2,1-5H3,(H,20,21). The summed E-state index contributed by atoms with van der Waals surface area (Å²) in [6.07, 6.45) is 2.02. The zero-order chi connectivity index (χ0) is 16.0. The maximum absolute atomic E-state index is 11.1. The van der Waals surface area contributed by atoms with Gasteiger partial charge in [0, 0.05) is 6.04 Å². The second-order valence-electron chi connectivity index (χ2n) is 6.51. The number of rotatable bonds is 8. The van der Waals surface area contributed by atoms with Gasteiger partial charge in [-0.25, -0.2) is 0 Å². The molecule has 1 unspecified atom stereocenters. The van der Waals surface area contributed by atoms with Crippen molar-refractivity contribution in [1.82, 2.24) is 5.32 Å². The zero-order valence-corrected chi connectivity index (χ0v) is 14.0. The molecule has 1 aromatic carbocycles. The summed E-state index contributed by atoms with van der Waals surface area (Å²) >= 11 is 0. The number of aryl methyl sites for hydroxylation is 3. The van der Waals surface area contributed by atoms with Crippen LogP contribution in [0, 0.1) is 26.7 Å². The molecule has 118 valence electrons. The van der Waals surface area contributed by atoms with E-state index in [2.05, 4.69) is 52.1 Å². The second-order valence-corrected chi connectivity index (χ2v) is 6.51. The fraction of sp³-hybridized carbons (Fsp3) is 0.611. The van der Waals surface area contributed by atoms with Crippen LogP contribution in [-0.2, 0) is 11.2 Å². The molecular formula is C18H29NO2. The van der Waals surface area contributed by atoms with Crippen LogP contribution in [0.25, 0.3) is 0 Å². The molecule has 0 fully saturated rings. The van der Waals surface area contributed by atoms with Crippen LogP contribution >= 0.6 is 0 Å². The fourth-order valence-corrected chi connectivity index (χ4v) is 2.78. The van der Waals surface area contributed by atoms with E-state index >= 15 is 0 Å². The predicted molar refractivity (Wildman–Crippen MR) is 87.9 cm³/mol. The lowest BCUT2D eigenvalue weighted by molar-refractivity contribution is -0.137. The first kappa shape index (κ1) is 17.7. The summed E-state index contributed by atoms with van der Waals surface area (Å²) in [6, 6.07) is 4.35. The van der Waals surface area contributed by atoms with Gasteiger partial charge in [0.25, 0.3) is 0 Å². The number of carbonyl (C=O) groups is 1. The lowest BCUT2D eigenvalue weighted by Crippen LogP contribution is -2.35. The summed E-state index contributed by atoms with van der Waals surface area (Å²) in [5, 5.41) is 12.5. The lowest BCUT2D eigenvalue weighted by Gasteiger charge is -2.20. The van der Waals surface area contributed by atoms with Crippen LogP contribution in [0.4, 0.5) is 0 Å². The molecule has 0 amide bonds. The molecule has 0 bridgehead atoms. The first-order chi connectivity index (χ1) is 9.79. The van der Waals surface area contributed by atoms with E-state index in [1.165, 1.54) is 22.3 Å². The Labute approximate surface area is 128 Å². The van der Waals surface area contributed by atoms with E-state index in [1.807, 2.05) is 0 Å². The quantitative estimate of drug-likeness (QED) is 0.769. The number of hydrogen-bond acceptors (Lipinski definition) is 2. The fourth-order valence-electron chi connectivity index (χ4n) is 2.78. The topological polar surface area (TPSA) is 49.3 Å². The van der Waals surface area contributed by atoms with Crippen LogP contribution in [0.2, 0.25) is 0 Å². The average molecular weight is 291 g/mol. The molecule has 0 saturated heterocycles. The number of carboxylic acids is 1. The molecule has 1 rings (SSSR count). The Hall–Kier alpha value is -1.35. The molecule has 0 aliphatic rings. The van der Waals surface area contributed by atoms with Gasteiger partial charge in [-0.2, -0.15) is 0 Å². The predicted octanol–water partition coefficient (Wildman–Crippen LogP) is 3.63. The summed E-state index contributed by atoms with van der Waals surface area (Å²) in [6.45, 7) is 11.6. The van der Waals surface area contributed by atoms with E-state index < -0.39 is 5.97 Å². The van der Waals surface area contributed by atoms with Gasteiger partial charge in [0.1, 0.15) is 0 Å². The molecular weight excluding hydrogens is 262 g/mol. The molecule has 1 aromatic rings. The van der Waals surface area contributed by atoms with E-state index in [1.54, 1.807) is 0 Å². The minimum absolute atomic E-state index is 0.00126. The normalized spacial score (nSPS) is 12.7. The minimum atomic E-state index is -0.737. The van der Waals surface area contributed by atoms with Crippen molar-refractivity contribution in [2.75, 3.05) is 6.54 Å². The maximum Gasteiger partial charge on any atom is 0.304 e. The van der Waals surface area contributed by atoms with Gasteiger partial charge in [-0.15, -0.1) is 0 Å². The average Bonchev–Trinajstić information content (AvgIpc) is 2.32. The lowest BCUT2D eigenvalue weighted by atomic mass is 9.93. The van der Waals surface area contributed by atoms with Gasteiger partial charge in [0.2, 0.25) is 0 Å². The Morgan fingerprint density at radius 3 is 2.24 bits per heavy atom. The number of nitrogens with one attached hydrogen (secondary N) is 1. The number of hydrogen-bond donors (Lipinski definition) is 2. The van der Waals surface area contributed by atoms with Gasteiger partial charge in [-0.3, -0.25) is 4.79 Å². The van der Waals surface area contributed by atoms with Crippen molar-refractivity contribution < 1.29 is 9.90 Å². The van der Waals surface area contributed by atoms with Crippen molar-refractivity contribution in [1.29, 1.82) is 0 Å². The van der Waals surface area contributed by atoms with Gasteiger partial charge < -0.3 is 10.4 Å². The molecule has 0 aliphatic carbocycles. The highest BCUT2D eigenvalue weighted by molar-refractivity contribution is 5.67. The third kappa shape index (κ3) is 6.30. The summed E-state index contributed by atoms with van der Waals surface area (Å²) in [7, 11) is 0. The summed E-state index contributed by atoms with van der Waals surface area (Å²) in [5.74, 6) is -0.106. The van der Waals surface area contributed by atoms with Crippen LogP contribution in [0.1, 0.15) is 48.9 Å². The summed E-state index contributed by atoms with van der Waals surface area (Å²) in [4.78, 5) is 11.1. The van der Waals surface area contributed by atoms with Crippen molar-refractivity contribution in [2.24, 2.45) is 5.92 Å². The third-order valence-corrected chi connectivity index (χ3v) is 3.87. The van der Waals surface area contributed by atoms with E-state index in [0.717, 1.165) is 19.4 Å². The Bertz CT molecular complexity index is 457. The van der Waals surface area contributed by atoms with Gasteiger partial charge in [0.15, 0.2) is 0 Å².